The van der Waals surface area contributed by atoms with Gasteiger partial charge in [0.1, 0.15) is 0 Å². The van der Waals surface area contributed by atoms with Crippen molar-refractivity contribution in [3.05, 3.63) is 41.7 Å². The number of carbonyl (C=O) groups is 1. The average molecular weight is 338 g/mol. The second-order valence-electron chi connectivity index (χ2n) is 5.43. The number of nitrogens with one attached hydrogen (secondary N) is 2. The smallest absolute Gasteiger partial charge is 0.323 e. The number of hydrogen-bond acceptors (Lipinski definition) is 4. The van der Waals surface area contributed by atoms with Gasteiger partial charge >= 0.3 is 6.03 Å². The van der Waals surface area contributed by atoms with Gasteiger partial charge in [0.15, 0.2) is 0 Å². The normalized spacial score (nSPS) is 12.2. The molecule has 2 aromatic rings. The summed E-state index contributed by atoms with van der Waals surface area (Å²) >= 11 is 5.98. The fourth-order valence-electron chi connectivity index (χ4n) is 2.07. The predicted octanol–water partition coefficient (Wildman–Crippen LogP) is 2.10. The Morgan fingerprint density at radius 3 is 2.83 bits per heavy atom. The van der Waals surface area contributed by atoms with Crippen LogP contribution in [-0.4, -0.2) is 52.6 Å². The van der Waals surface area contributed by atoms with E-state index in [2.05, 4.69) is 15.7 Å². The fourth-order valence-corrected chi connectivity index (χ4v) is 2.25. The molecule has 0 saturated heterocycles. The van der Waals surface area contributed by atoms with Gasteiger partial charge < -0.3 is 20.6 Å². The van der Waals surface area contributed by atoms with Crippen LogP contribution < -0.4 is 10.6 Å². The summed E-state index contributed by atoms with van der Waals surface area (Å²) in [6, 6.07) is 6.57. The van der Waals surface area contributed by atoms with Crippen LogP contribution in [0.5, 0.6) is 0 Å². The lowest BCUT2D eigenvalue weighted by Gasteiger charge is -2.15. The predicted molar refractivity (Wildman–Crippen MR) is 90.9 cm³/mol. The lowest BCUT2D eigenvalue weighted by molar-refractivity contribution is 0.116. The van der Waals surface area contributed by atoms with Gasteiger partial charge in [-0.1, -0.05) is 23.7 Å². The van der Waals surface area contributed by atoms with Gasteiger partial charge in [0.05, 0.1) is 35.2 Å². The van der Waals surface area contributed by atoms with Crippen LogP contribution in [0.15, 0.2) is 36.7 Å². The van der Waals surface area contributed by atoms with E-state index in [1.165, 1.54) is 6.20 Å². The Labute approximate surface area is 139 Å². The number of para-hydroxylation sites is 1. The van der Waals surface area contributed by atoms with Gasteiger partial charge in [-0.25, -0.2) is 4.79 Å². The molecular formula is C15H20ClN5O2. The summed E-state index contributed by atoms with van der Waals surface area (Å²) in [7, 11) is 3.77. The topological polar surface area (TPSA) is 82.4 Å². The molecule has 0 aliphatic carbocycles. The van der Waals surface area contributed by atoms with Gasteiger partial charge in [-0.05, 0) is 26.2 Å². The van der Waals surface area contributed by atoms with Crippen molar-refractivity contribution in [1.82, 2.24) is 14.7 Å². The van der Waals surface area contributed by atoms with Gasteiger partial charge in [0, 0.05) is 12.7 Å². The largest absolute Gasteiger partial charge is 0.390 e. The van der Waals surface area contributed by atoms with Crippen LogP contribution in [0.4, 0.5) is 16.2 Å². The molecule has 0 bridgehead atoms. The Kier molecular flexibility index (Phi) is 5.97. The highest BCUT2D eigenvalue weighted by Crippen LogP contribution is 2.20. The molecule has 1 heterocycles. The number of rotatable bonds is 6. The summed E-state index contributed by atoms with van der Waals surface area (Å²) < 4.78 is 1.58. The van der Waals surface area contributed by atoms with E-state index in [-0.39, 0.29) is 0 Å². The van der Waals surface area contributed by atoms with Crippen molar-refractivity contribution in [1.29, 1.82) is 0 Å². The van der Waals surface area contributed by atoms with Gasteiger partial charge in [0.25, 0.3) is 0 Å². The van der Waals surface area contributed by atoms with E-state index in [0.29, 0.717) is 29.5 Å². The molecule has 1 unspecified atom stereocenters. The number of urea groups is 1. The van der Waals surface area contributed by atoms with Crippen molar-refractivity contribution in [3.63, 3.8) is 0 Å². The molecule has 1 aromatic carbocycles. The average Bonchev–Trinajstić information content (AvgIpc) is 2.87. The first-order valence-corrected chi connectivity index (χ1v) is 7.49. The third kappa shape index (κ3) is 5.55. The zero-order valence-corrected chi connectivity index (χ0v) is 13.8. The monoisotopic (exact) mass is 337 g/mol. The number of benzene rings is 1. The number of aromatic nitrogens is 2. The van der Waals surface area contributed by atoms with Crippen molar-refractivity contribution in [2.75, 3.05) is 31.3 Å². The fraction of sp³-hybridized carbons (Fsp3) is 0.333. The molecule has 2 amide bonds. The summed E-state index contributed by atoms with van der Waals surface area (Å²) in [5.74, 6) is 0. The van der Waals surface area contributed by atoms with Crippen LogP contribution in [0.1, 0.15) is 0 Å². The van der Waals surface area contributed by atoms with Gasteiger partial charge in [-0.3, -0.25) is 4.68 Å². The number of nitrogens with zero attached hydrogens (tertiary/aromatic N) is 3. The maximum Gasteiger partial charge on any atom is 0.323 e. The van der Waals surface area contributed by atoms with Crippen molar-refractivity contribution in [2.45, 2.75) is 12.6 Å². The number of aliphatic hydroxyl groups is 1. The second-order valence-corrected chi connectivity index (χ2v) is 5.83. The molecule has 124 valence electrons. The minimum Gasteiger partial charge on any atom is -0.390 e. The van der Waals surface area contributed by atoms with Gasteiger partial charge in [-0.15, -0.1) is 0 Å². The minimum atomic E-state index is -0.533. The Morgan fingerprint density at radius 2 is 2.13 bits per heavy atom. The van der Waals surface area contributed by atoms with Crippen LogP contribution in [0.3, 0.4) is 0 Å². The third-order valence-electron chi connectivity index (χ3n) is 2.99. The van der Waals surface area contributed by atoms with Gasteiger partial charge in [0.2, 0.25) is 0 Å². The molecular weight excluding hydrogens is 318 g/mol. The molecule has 0 aliphatic heterocycles. The summed E-state index contributed by atoms with van der Waals surface area (Å²) in [6.45, 7) is 0.890. The number of hydrogen-bond donors (Lipinski definition) is 3. The molecule has 0 radical (unpaired) electrons. The first-order chi connectivity index (χ1) is 10.9. The molecule has 0 aliphatic rings. The lowest BCUT2D eigenvalue weighted by atomic mass is 10.3. The first-order valence-electron chi connectivity index (χ1n) is 7.12. The number of amides is 2. The van der Waals surface area contributed by atoms with Crippen LogP contribution in [0, 0.1) is 0 Å². The molecule has 0 spiro atoms. The van der Waals surface area contributed by atoms with E-state index >= 15 is 0 Å². The van der Waals surface area contributed by atoms with Crippen LogP contribution in [-0.2, 0) is 6.54 Å². The maximum atomic E-state index is 11.9. The molecule has 2 rings (SSSR count). The molecule has 0 saturated carbocycles. The van der Waals surface area contributed by atoms with E-state index in [0.717, 1.165) is 0 Å². The highest BCUT2D eigenvalue weighted by atomic mass is 35.5. The minimum absolute atomic E-state index is 0.353. The standard InChI is InChI=1S/C15H20ClN5O2/c1-20(2)9-12(22)10-21-8-11(7-17-21)18-15(23)19-14-6-4-3-5-13(14)16/h3-8,12,22H,9-10H2,1-2H3,(H2,18,19,23). The van der Waals surface area contributed by atoms with E-state index < -0.39 is 12.1 Å². The van der Waals surface area contributed by atoms with E-state index in [4.69, 9.17) is 11.6 Å². The number of anilines is 2. The summed E-state index contributed by atoms with van der Waals surface area (Å²) in [6.07, 6.45) is 2.65. The summed E-state index contributed by atoms with van der Waals surface area (Å²) in [5.41, 5.74) is 1.06. The molecule has 1 aromatic heterocycles. The molecule has 3 N–H and O–H groups in total. The number of carbonyl (C=O) groups excluding carboxylic acids is 1. The first kappa shape index (κ1) is 17.3. The molecule has 0 fully saturated rings. The van der Waals surface area contributed by atoms with Crippen molar-refractivity contribution in [3.8, 4) is 0 Å². The van der Waals surface area contributed by atoms with Crippen molar-refractivity contribution in [2.24, 2.45) is 0 Å². The van der Waals surface area contributed by atoms with Gasteiger partial charge in [-0.2, -0.15) is 5.10 Å². The molecule has 23 heavy (non-hydrogen) atoms. The second kappa shape index (κ2) is 7.96. The van der Waals surface area contributed by atoms with E-state index in [1.807, 2.05) is 19.0 Å². The van der Waals surface area contributed by atoms with Crippen LogP contribution in [0.25, 0.3) is 0 Å². The Hall–Kier alpha value is -2.09. The molecule has 8 heteroatoms. The Morgan fingerprint density at radius 1 is 1.39 bits per heavy atom. The maximum absolute atomic E-state index is 11.9. The highest BCUT2D eigenvalue weighted by molar-refractivity contribution is 6.33. The van der Waals surface area contributed by atoms with Crippen molar-refractivity contribution >= 4 is 29.0 Å². The Balaban J connectivity index is 1.89. The molecule has 7 nitrogen and oxygen atoms in total. The lowest BCUT2D eigenvalue weighted by Crippen LogP contribution is -2.29. The number of halogens is 1. The number of likely N-dealkylation sites (N-methyl/N-ethyl adjacent to an activating group) is 1. The van der Waals surface area contributed by atoms with Crippen molar-refractivity contribution < 1.29 is 9.90 Å². The third-order valence-corrected chi connectivity index (χ3v) is 3.32. The van der Waals surface area contributed by atoms with E-state index in [9.17, 15) is 9.90 Å². The number of aliphatic hydroxyl groups excluding tert-OH is 1. The SMILES string of the molecule is CN(C)CC(O)Cn1cc(NC(=O)Nc2ccccc2Cl)cn1. The van der Waals surface area contributed by atoms with Crippen LogP contribution >= 0.6 is 11.6 Å². The van der Waals surface area contributed by atoms with E-state index in [1.54, 1.807) is 35.1 Å². The summed E-state index contributed by atoms with van der Waals surface area (Å²) in [5, 5.41) is 19.8. The quantitative estimate of drug-likeness (QED) is 0.754. The Bertz CT molecular complexity index is 659. The zero-order chi connectivity index (χ0) is 16.8. The highest BCUT2D eigenvalue weighted by Gasteiger charge is 2.10. The van der Waals surface area contributed by atoms with Crippen LogP contribution in [0.2, 0.25) is 5.02 Å². The summed E-state index contributed by atoms with van der Waals surface area (Å²) in [4.78, 5) is 13.8. The zero-order valence-electron chi connectivity index (χ0n) is 13.0. The molecule has 1 atom stereocenters.